The zero-order valence-corrected chi connectivity index (χ0v) is 18.7. The van der Waals surface area contributed by atoms with Gasteiger partial charge in [0.25, 0.3) is 0 Å². The number of benzene rings is 1. The van der Waals surface area contributed by atoms with Crippen LogP contribution in [-0.4, -0.2) is 35.0 Å². The van der Waals surface area contributed by atoms with E-state index >= 15 is 0 Å². The van der Waals surface area contributed by atoms with Crippen molar-refractivity contribution < 1.29 is 0 Å². The van der Waals surface area contributed by atoms with Crippen LogP contribution in [0.4, 0.5) is 0 Å². The molecule has 0 spiro atoms. The summed E-state index contributed by atoms with van der Waals surface area (Å²) in [5, 5.41) is 19.8. The van der Waals surface area contributed by atoms with E-state index in [2.05, 4.69) is 50.3 Å². The molecule has 0 atom stereocenters. The molecule has 8 nitrogen and oxygen atoms in total. The van der Waals surface area contributed by atoms with Gasteiger partial charge in [0.2, 0.25) is 0 Å². The van der Waals surface area contributed by atoms with Crippen molar-refractivity contribution in [2.45, 2.75) is 12.8 Å². The molecule has 0 saturated carbocycles. The first-order valence-electron chi connectivity index (χ1n) is 10.7. The van der Waals surface area contributed by atoms with Gasteiger partial charge in [-0.15, -0.1) is 0 Å². The molecule has 0 amide bonds. The van der Waals surface area contributed by atoms with Crippen LogP contribution in [0.1, 0.15) is 24.0 Å². The lowest BCUT2D eigenvalue weighted by atomic mass is 9.99. The maximum Gasteiger partial charge on any atom is 0.185 e. The number of pyridine rings is 2. The van der Waals surface area contributed by atoms with E-state index in [1.165, 1.54) is 0 Å². The highest BCUT2D eigenvalue weighted by molar-refractivity contribution is 5.75. The molecule has 0 saturated heterocycles. The zero-order valence-electron chi connectivity index (χ0n) is 18.7. The van der Waals surface area contributed by atoms with E-state index in [1.54, 1.807) is 12.4 Å². The van der Waals surface area contributed by atoms with Gasteiger partial charge in [-0.3, -0.25) is 20.8 Å². The van der Waals surface area contributed by atoms with Gasteiger partial charge in [0, 0.05) is 73.0 Å². The van der Waals surface area contributed by atoms with E-state index in [4.69, 9.17) is 22.3 Å². The first kappa shape index (κ1) is 23.8. The number of nitrogens with one attached hydrogen (secondary N) is 4. The van der Waals surface area contributed by atoms with E-state index in [9.17, 15) is 0 Å². The highest BCUT2D eigenvalue weighted by Crippen LogP contribution is 2.26. The summed E-state index contributed by atoms with van der Waals surface area (Å²) < 4.78 is 0. The molecule has 0 unspecified atom stereocenters. The summed E-state index contributed by atoms with van der Waals surface area (Å²) >= 11 is 0. The Labute approximate surface area is 199 Å². The van der Waals surface area contributed by atoms with Gasteiger partial charge in [-0.2, -0.15) is 0 Å². The number of nitrogens with zero attached hydrogens (tertiary/aromatic N) is 2. The molecule has 170 valence electrons. The first-order valence-corrected chi connectivity index (χ1v) is 10.7. The third kappa shape index (κ3) is 7.70. The van der Waals surface area contributed by atoms with Crippen molar-refractivity contribution in [2.24, 2.45) is 11.5 Å². The largest absolute Gasteiger partial charge is 0.370 e. The van der Waals surface area contributed by atoms with Crippen LogP contribution in [0, 0.1) is 34.5 Å². The van der Waals surface area contributed by atoms with Gasteiger partial charge in [0.15, 0.2) is 11.9 Å². The van der Waals surface area contributed by atoms with Crippen LogP contribution >= 0.6 is 0 Å². The van der Waals surface area contributed by atoms with Crippen molar-refractivity contribution in [3.8, 4) is 45.9 Å². The van der Waals surface area contributed by atoms with Crippen molar-refractivity contribution in [3.63, 3.8) is 0 Å². The quantitative estimate of drug-likeness (QED) is 0.147. The molecule has 2 heterocycles. The Morgan fingerprint density at radius 3 is 1.62 bits per heavy atom. The van der Waals surface area contributed by atoms with Crippen molar-refractivity contribution in [3.05, 3.63) is 72.3 Å². The van der Waals surface area contributed by atoms with Crippen LogP contribution in [0.15, 0.2) is 61.2 Å². The fraction of sp³-hybridized carbons (Fsp3) is 0.154. The lowest BCUT2D eigenvalue weighted by Crippen LogP contribution is -2.30. The summed E-state index contributed by atoms with van der Waals surface area (Å²) in [5.74, 6) is 12.2. The minimum Gasteiger partial charge on any atom is -0.370 e. The summed E-state index contributed by atoms with van der Waals surface area (Å²) in [7, 11) is 0. The Morgan fingerprint density at radius 2 is 1.18 bits per heavy atom. The average molecular weight is 451 g/mol. The molecule has 3 rings (SSSR count). The second kappa shape index (κ2) is 12.3. The molecule has 0 aliphatic heterocycles. The second-order valence-electron chi connectivity index (χ2n) is 7.29. The molecule has 34 heavy (non-hydrogen) atoms. The highest BCUT2D eigenvalue weighted by atomic mass is 15.0. The topological polar surface area (TPSA) is 150 Å². The van der Waals surface area contributed by atoms with E-state index in [-0.39, 0.29) is 11.9 Å². The maximum atomic E-state index is 7.15. The molecule has 0 fully saturated rings. The minimum absolute atomic E-state index is 0.0555. The lowest BCUT2D eigenvalue weighted by Gasteiger charge is -2.06. The van der Waals surface area contributed by atoms with E-state index in [1.807, 2.05) is 42.7 Å². The monoisotopic (exact) mass is 450 g/mol. The summed E-state index contributed by atoms with van der Waals surface area (Å²) in [6.45, 7) is 1.06. The predicted octanol–water partition coefficient (Wildman–Crippen LogP) is 2.26. The highest BCUT2D eigenvalue weighted by Gasteiger charge is 2.04. The van der Waals surface area contributed by atoms with Crippen molar-refractivity contribution in [1.29, 1.82) is 10.8 Å². The minimum atomic E-state index is -0.0555. The standard InChI is InChI=1S/C26H26N8/c27-25(28)33-10-3-1-6-19-12-23(17-31-15-19)21-8-5-9-22(14-21)24-13-20(16-32-18-24)7-2-4-11-34-26(29)30/h5,8-9,12-18H,3-4,10-11H2,(H4,27,28,33)(H4,29,30,34). The van der Waals surface area contributed by atoms with Crippen LogP contribution in [0.2, 0.25) is 0 Å². The number of nitrogens with two attached hydrogens (primary N) is 2. The van der Waals surface area contributed by atoms with E-state index in [0.717, 1.165) is 33.4 Å². The summed E-state index contributed by atoms with van der Waals surface area (Å²) in [6, 6.07) is 12.2. The Balaban J connectivity index is 1.73. The van der Waals surface area contributed by atoms with Gasteiger partial charge in [-0.1, -0.05) is 41.9 Å². The van der Waals surface area contributed by atoms with Crippen LogP contribution < -0.4 is 22.1 Å². The normalized spacial score (nSPS) is 9.65. The Morgan fingerprint density at radius 1 is 0.706 bits per heavy atom. The molecule has 0 bridgehead atoms. The summed E-state index contributed by atoms with van der Waals surface area (Å²) in [6.07, 6.45) is 8.26. The van der Waals surface area contributed by atoms with E-state index in [0.29, 0.717) is 25.9 Å². The van der Waals surface area contributed by atoms with Gasteiger partial charge < -0.3 is 22.1 Å². The molecule has 0 radical (unpaired) electrons. The van der Waals surface area contributed by atoms with Gasteiger partial charge in [-0.25, -0.2) is 0 Å². The van der Waals surface area contributed by atoms with Crippen LogP contribution in [-0.2, 0) is 0 Å². The van der Waals surface area contributed by atoms with Crippen molar-refractivity contribution in [2.75, 3.05) is 13.1 Å². The van der Waals surface area contributed by atoms with Gasteiger partial charge >= 0.3 is 0 Å². The smallest absolute Gasteiger partial charge is 0.185 e. The average Bonchev–Trinajstić information content (AvgIpc) is 2.84. The number of aromatic nitrogens is 2. The lowest BCUT2D eigenvalue weighted by molar-refractivity contribution is 0.889. The predicted molar refractivity (Wildman–Crippen MR) is 136 cm³/mol. The first-order chi connectivity index (χ1) is 16.5. The fourth-order valence-electron chi connectivity index (χ4n) is 3.06. The van der Waals surface area contributed by atoms with Gasteiger partial charge in [0.05, 0.1) is 0 Å². The zero-order chi connectivity index (χ0) is 24.2. The number of hydrogen-bond acceptors (Lipinski definition) is 4. The third-order valence-corrected chi connectivity index (χ3v) is 4.60. The maximum absolute atomic E-state index is 7.15. The Hall–Kier alpha value is -4.82. The SMILES string of the molecule is N=C(N)NCCC#Cc1cncc(-c2cccc(-c3cncc(C#CCCNC(=N)N)c3)c2)c1. The molecule has 0 aliphatic rings. The summed E-state index contributed by atoms with van der Waals surface area (Å²) in [5.41, 5.74) is 16.2. The number of guanidine groups is 2. The van der Waals surface area contributed by atoms with Gasteiger partial charge in [0.1, 0.15) is 0 Å². The number of rotatable bonds is 6. The number of hydrogen-bond donors (Lipinski definition) is 6. The second-order valence-corrected chi connectivity index (χ2v) is 7.29. The van der Waals surface area contributed by atoms with Crippen molar-refractivity contribution in [1.82, 2.24) is 20.6 Å². The molecule has 1 aromatic carbocycles. The fourth-order valence-corrected chi connectivity index (χ4v) is 3.06. The van der Waals surface area contributed by atoms with Crippen LogP contribution in [0.3, 0.4) is 0 Å². The molecule has 2 aromatic heterocycles. The van der Waals surface area contributed by atoms with Crippen molar-refractivity contribution >= 4 is 11.9 Å². The molecule has 8 N–H and O–H groups in total. The van der Waals surface area contributed by atoms with Gasteiger partial charge in [-0.05, 0) is 29.3 Å². The third-order valence-electron chi connectivity index (χ3n) is 4.60. The molecule has 8 heteroatoms. The molecule has 0 aliphatic carbocycles. The van der Waals surface area contributed by atoms with Crippen LogP contribution in [0.25, 0.3) is 22.3 Å². The van der Waals surface area contributed by atoms with E-state index < -0.39 is 0 Å². The van der Waals surface area contributed by atoms with Crippen LogP contribution in [0.5, 0.6) is 0 Å². The molecule has 3 aromatic rings. The Kier molecular flexibility index (Phi) is 8.61. The summed E-state index contributed by atoms with van der Waals surface area (Å²) in [4.78, 5) is 8.67. The molecular formula is C26H26N8. The molecular weight excluding hydrogens is 424 g/mol. The Bertz CT molecular complexity index is 1190.